The third kappa shape index (κ3) is 3.81. The number of thiophene rings is 1. The first-order chi connectivity index (χ1) is 13.1. The van der Waals surface area contributed by atoms with Crippen LogP contribution in [0.25, 0.3) is 21.6 Å². The Hall–Kier alpha value is -2.85. The first-order valence-corrected chi connectivity index (χ1v) is 9.37. The first-order valence-electron chi connectivity index (χ1n) is 8.55. The van der Waals surface area contributed by atoms with Crippen molar-refractivity contribution in [3.05, 3.63) is 23.3 Å². The minimum Gasteiger partial charge on any atom is -0.378 e. The second-order valence-corrected chi connectivity index (χ2v) is 7.27. The second-order valence-electron chi connectivity index (χ2n) is 6.14. The van der Waals surface area contributed by atoms with E-state index in [2.05, 4.69) is 25.2 Å². The number of ether oxygens (including phenoxy) is 1. The molecular weight excluding hydrogens is 366 g/mol. The van der Waals surface area contributed by atoms with Crippen LogP contribution >= 0.6 is 11.3 Å². The number of aromatic nitrogens is 4. The number of nitrogens with two attached hydrogens (primary N) is 1. The maximum absolute atomic E-state index is 11.2. The standard InChI is InChI=1S/C17H19N7O2S/c1-10(25)19-9-12-6-13-14(27-12)16(24-2-4-26-5-3-24)23-15(22-13)11-7-20-17(18)21-8-11/h6-8H,2-5,9H2,1H3,(H,19,25)(H2,18,20,21). The fourth-order valence-electron chi connectivity index (χ4n) is 2.84. The lowest BCUT2D eigenvalue weighted by molar-refractivity contribution is -0.119. The van der Waals surface area contributed by atoms with Gasteiger partial charge in [0.05, 0.1) is 35.5 Å². The lowest BCUT2D eigenvalue weighted by atomic mass is 10.3. The van der Waals surface area contributed by atoms with Crippen LogP contribution in [0.5, 0.6) is 0 Å². The molecule has 3 aromatic heterocycles. The normalized spacial score (nSPS) is 14.5. The predicted molar refractivity (Wildman–Crippen MR) is 103 cm³/mol. The molecule has 9 nitrogen and oxygen atoms in total. The number of fused-ring (bicyclic) bond motifs is 1. The average Bonchev–Trinajstić information content (AvgIpc) is 3.10. The zero-order chi connectivity index (χ0) is 18.8. The van der Waals surface area contributed by atoms with Crippen LogP contribution in [0.1, 0.15) is 11.8 Å². The van der Waals surface area contributed by atoms with Gasteiger partial charge in [-0.1, -0.05) is 0 Å². The Morgan fingerprint density at radius 2 is 2.04 bits per heavy atom. The minimum absolute atomic E-state index is 0.0633. The van der Waals surface area contributed by atoms with Gasteiger partial charge in [0, 0.05) is 37.3 Å². The highest BCUT2D eigenvalue weighted by Crippen LogP contribution is 2.34. The van der Waals surface area contributed by atoms with Crippen molar-refractivity contribution < 1.29 is 9.53 Å². The Morgan fingerprint density at radius 3 is 2.74 bits per heavy atom. The van der Waals surface area contributed by atoms with E-state index in [1.807, 2.05) is 6.07 Å². The number of carbonyl (C=O) groups is 1. The monoisotopic (exact) mass is 385 g/mol. The van der Waals surface area contributed by atoms with Gasteiger partial charge >= 0.3 is 0 Å². The van der Waals surface area contributed by atoms with Gasteiger partial charge in [-0.25, -0.2) is 19.9 Å². The summed E-state index contributed by atoms with van der Waals surface area (Å²) in [7, 11) is 0. The Morgan fingerprint density at radius 1 is 1.30 bits per heavy atom. The number of hydrogen-bond acceptors (Lipinski definition) is 9. The fourth-order valence-corrected chi connectivity index (χ4v) is 3.89. The summed E-state index contributed by atoms with van der Waals surface area (Å²) in [6, 6.07) is 1.99. The van der Waals surface area contributed by atoms with E-state index in [0.717, 1.165) is 34.0 Å². The van der Waals surface area contributed by atoms with Gasteiger partial charge in [-0.15, -0.1) is 11.3 Å². The molecule has 10 heteroatoms. The molecule has 4 heterocycles. The Balaban J connectivity index is 1.79. The van der Waals surface area contributed by atoms with E-state index in [4.69, 9.17) is 15.5 Å². The summed E-state index contributed by atoms with van der Waals surface area (Å²) in [6.45, 7) is 4.84. The molecule has 0 bridgehead atoms. The molecule has 0 unspecified atom stereocenters. The van der Waals surface area contributed by atoms with Gasteiger partial charge in [0.1, 0.15) is 0 Å². The SMILES string of the molecule is CC(=O)NCc1cc2nc(-c3cnc(N)nc3)nc(N3CCOCC3)c2s1. The van der Waals surface area contributed by atoms with Crippen molar-refractivity contribution in [1.29, 1.82) is 0 Å². The Labute approximate surface area is 159 Å². The molecule has 0 radical (unpaired) electrons. The van der Waals surface area contributed by atoms with Crippen molar-refractivity contribution in [2.45, 2.75) is 13.5 Å². The number of morpholine rings is 1. The largest absolute Gasteiger partial charge is 0.378 e. The van der Waals surface area contributed by atoms with Crippen molar-refractivity contribution in [3.8, 4) is 11.4 Å². The van der Waals surface area contributed by atoms with Crippen molar-refractivity contribution >= 4 is 39.2 Å². The third-order valence-electron chi connectivity index (χ3n) is 4.16. The third-order valence-corrected chi connectivity index (χ3v) is 5.28. The number of nitrogens with one attached hydrogen (secondary N) is 1. The molecule has 0 aliphatic carbocycles. The van der Waals surface area contributed by atoms with Crippen molar-refractivity contribution in [3.63, 3.8) is 0 Å². The van der Waals surface area contributed by atoms with E-state index in [1.165, 1.54) is 6.92 Å². The van der Waals surface area contributed by atoms with E-state index >= 15 is 0 Å². The van der Waals surface area contributed by atoms with Gasteiger partial charge < -0.3 is 20.7 Å². The van der Waals surface area contributed by atoms with Gasteiger partial charge in [0.25, 0.3) is 0 Å². The van der Waals surface area contributed by atoms with E-state index < -0.39 is 0 Å². The quantitative estimate of drug-likeness (QED) is 0.688. The highest BCUT2D eigenvalue weighted by Gasteiger charge is 2.20. The molecule has 4 rings (SSSR count). The molecule has 1 aliphatic heterocycles. The number of anilines is 2. The van der Waals surface area contributed by atoms with Crippen molar-refractivity contribution in [2.24, 2.45) is 0 Å². The molecule has 0 aromatic carbocycles. The number of hydrogen-bond donors (Lipinski definition) is 2. The van der Waals surface area contributed by atoms with Crippen LogP contribution in [-0.4, -0.2) is 52.1 Å². The lowest BCUT2D eigenvalue weighted by Gasteiger charge is -2.28. The number of nitrogen functional groups attached to an aromatic ring is 1. The smallest absolute Gasteiger partial charge is 0.219 e. The number of amides is 1. The fraction of sp³-hybridized carbons (Fsp3) is 0.353. The van der Waals surface area contributed by atoms with E-state index in [9.17, 15) is 4.79 Å². The molecule has 3 N–H and O–H groups in total. The number of carbonyl (C=O) groups excluding carboxylic acids is 1. The molecule has 3 aromatic rings. The first kappa shape index (κ1) is 17.6. The van der Waals surface area contributed by atoms with Crippen LogP contribution in [0.4, 0.5) is 11.8 Å². The Kier molecular flexibility index (Phi) is 4.82. The summed E-state index contributed by atoms with van der Waals surface area (Å²) in [5, 5.41) is 2.83. The van der Waals surface area contributed by atoms with Gasteiger partial charge in [-0.3, -0.25) is 4.79 Å². The van der Waals surface area contributed by atoms with E-state index in [-0.39, 0.29) is 11.9 Å². The summed E-state index contributed by atoms with van der Waals surface area (Å²) >= 11 is 1.59. The van der Waals surface area contributed by atoms with E-state index in [1.54, 1.807) is 23.7 Å². The maximum Gasteiger partial charge on any atom is 0.219 e. The summed E-state index contributed by atoms with van der Waals surface area (Å²) in [5.74, 6) is 1.56. The molecule has 1 aliphatic rings. The highest BCUT2D eigenvalue weighted by atomic mass is 32.1. The topological polar surface area (TPSA) is 119 Å². The number of nitrogens with zero attached hydrogens (tertiary/aromatic N) is 5. The maximum atomic E-state index is 11.2. The van der Waals surface area contributed by atoms with Gasteiger partial charge in [-0.05, 0) is 6.07 Å². The average molecular weight is 385 g/mol. The molecule has 0 saturated carbocycles. The summed E-state index contributed by atoms with van der Waals surface area (Å²) in [6.07, 6.45) is 3.24. The van der Waals surface area contributed by atoms with Gasteiger partial charge in [0.15, 0.2) is 11.6 Å². The molecule has 0 atom stereocenters. The zero-order valence-electron chi connectivity index (χ0n) is 14.8. The zero-order valence-corrected chi connectivity index (χ0v) is 15.6. The van der Waals surface area contributed by atoms with Crippen LogP contribution in [0, 0.1) is 0 Å². The van der Waals surface area contributed by atoms with Gasteiger partial charge in [-0.2, -0.15) is 0 Å². The minimum atomic E-state index is -0.0633. The van der Waals surface area contributed by atoms with Crippen molar-refractivity contribution in [1.82, 2.24) is 25.3 Å². The van der Waals surface area contributed by atoms with Crippen LogP contribution in [-0.2, 0) is 16.1 Å². The number of rotatable bonds is 4. The lowest BCUT2D eigenvalue weighted by Crippen LogP contribution is -2.36. The summed E-state index contributed by atoms with van der Waals surface area (Å²) in [4.78, 5) is 32.0. The molecular formula is C17H19N7O2S. The van der Waals surface area contributed by atoms with E-state index in [0.29, 0.717) is 31.1 Å². The molecule has 1 amide bonds. The van der Waals surface area contributed by atoms with Crippen LogP contribution < -0.4 is 16.0 Å². The molecule has 27 heavy (non-hydrogen) atoms. The highest BCUT2D eigenvalue weighted by molar-refractivity contribution is 7.19. The molecule has 140 valence electrons. The van der Waals surface area contributed by atoms with Crippen LogP contribution in [0.3, 0.4) is 0 Å². The Bertz CT molecular complexity index is 967. The summed E-state index contributed by atoms with van der Waals surface area (Å²) in [5.41, 5.74) is 7.13. The molecule has 1 fully saturated rings. The summed E-state index contributed by atoms with van der Waals surface area (Å²) < 4.78 is 6.47. The second kappa shape index (κ2) is 7.41. The van der Waals surface area contributed by atoms with Gasteiger partial charge in [0.2, 0.25) is 11.9 Å². The molecule has 1 saturated heterocycles. The van der Waals surface area contributed by atoms with Crippen LogP contribution in [0.15, 0.2) is 18.5 Å². The van der Waals surface area contributed by atoms with Crippen LogP contribution in [0.2, 0.25) is 0 Å². The molecule has 0 spiro atoms. The predicted octanol–water partition coefficient (Wildman–Crippen LogP) is 1.20. The van der Waals surface area contributed by atoms with Crippen molar-refractivity contribution in [2.75, 3.05) is 36.9 Å².